The van der Waals surface area contributed by atoms with Gasteiger partial charge in [0.05, 0.1) is 5.75 Å². The van der Waals surface area contributed by atoms with E-state index in [1.807, 2.05) is 75.4 Å². The molecular formula is C25H38N4O4S2. The predicted octanol–water partition coefficient (Wildman–Crippen LogP) is 3.16. The summed E-state index contributed by atoms with van der Waals surface area (Å²) in [4.78, 5) is 2.16. The lowest BCUT2D eigenvalue weighted by molar-refractivity contribution is 0.308. The molecule has 0 aromatic heterocycles. The van der Waals surface area contributed by atoms with Crippen molar-refractivity contribution in [3.8, 4) is 0 Å². The van der Waals surface area contributed by atoms with Crippen molar-refractivity contribution in [3.63, 3.8) is 0 Å². The molecule has 1 aliphatic heterocycles. The summed E-state index contributed by atoms with van der Waals surface area (Å²) in [6.07, 6.45) is 0. The molecule has 2 aromatic rings. The van der Waals surface area contributed by atoms with E-state index in [1.54, 1.807) is 18.4 Å². The van der Waals surface area contributed by atoms with Gasteiger partial charge in [0.2, 0.25) is 10.0 Å². The number of sulfonamides is 1. The Morgan fingerprint density at radius 3 is 1.91 bits per heavy atom. The van der Waals surface area contributed by atoms with Crippen LogP contribution in [0.1, 0.15) is 37.9 Å². The average Bonchev–Trinajstić information content (AvgIpc) is 2.82. The van der Waals surface area contributed by atoms with Crippen LogP contribution in [0.25, 0.3) is 0 Å². The number of nitrogens with zero attached hydrogens (tertiary/aromatic N) is 4. The van der Waals surface area contributed by atoms with Gasteiger partial charge in [0.25, 0.3) is 10.2 Å². The van der Waals surface area contributed by atoms with Crippen molar-refractivity contribution in [2.45, 2.75) is 32.6 Å². The Bertz CT molecular complexity index is 1160. The van der Waals surface area contributed by atoms with Gasteiger partial charge >= 0.3 is 0 Å². The molecule has 1 aliphatic rings. The highest BCUT2D eigenvalue weighted by Gasteiger charge is 2.30. The minimum Gasteiger partial charge on any atom is -0.369 e. The highest BCUT2D eigenvalue weighted by molar-refractivity contribution is 7.88. The summed E-state index contributed by atoms with van der Waals surface area (Å²) < 4.78 is 55.9. The molecule has 0 radical (unpaired) electrons. The van der Waals surface area contributed by atoms with Gasteiger partial charge in [0, 0.05) is 58.5 Å². The summed E-state index contributed by atoms with van der Waals surface area (Å²) in [6.45, 7) is 8.50. The quantitative estimate of drug-likeness (QED) is 0.479. The summed E-state index contributed by atoms with van der Waals surface area (Å²) in [5, 5.41) is 0. The lowest BCUT2D eigenvalue weighted by Crippen LogP contribution is -2.51. The summed E-state index contributed by atoms with van der Waals surface area (Å²) in [6, 6.07) is 16.9. The third-order valence-corrected chi connectivity index (χ3v) is 10.1. The van der Waals surface area contributed by atoms with E-state index >= 15 is 0 Å². The second-order valence-corrected chi connectivity index (χ2v) is 13.7. The van der Waals surface area contributed by atoms with Crippen LogP contribution in [0.15, 0.2) is 54.6 Å². The molecule has 10 heteroatoms. The minimum atomic E-state index is -3.52. The molecule has 0 unspecified atom stereocenters. The van der Waals surface area contributed by atoms with Gasteiger partial charge in [-0.15, -0.1) is 0 Å². The van der Waals surface area contributed by atoms with E-state index < -0.39 is 20.2 Å². The normalized spacial score (nSPS) is 16.9. The fourth-order valence-electron chi connectivity index (χ4n) is 4.28. The number of piperazine rings is 1. The number of hydrogen-bond donors (Lipinski definition) is 0. The van der Waals surface area contributed by atoms with Gasteiger partial charge in [-0.25, -0.2) is 8.42 Å². The van der Waals surface area contributed by atoms with Crippen LogP contribution in [0.3, 0.4) is 0 Å². The third kappa shape index (κ3) is 6.83. The van der Waals surface area contributed by atoms with Crippen LogP contribution in [-0.2, 0) is 26.0 Å². The number of benzene rings is 2. The van der Waals surface area contributed by atoms with Crippen molar-refractivity contribution in [3.05, 3.63) is 65.7 Å². The topological polar surface area (TPSA) is 81.2 Å². The first-order valence-electron chi connectivity index (χ1n) is 12.0. The maximum absolute atomic E-state index is 13.4. The van der Waals surface area contributed by atoms with Crippen LogP contribution in [-0.4, -0.2) is 76.6 Å². The molecule has 194 valence electrons. The molecule has 1 fully saturated rings. The summed E-state index contributed by atoms with van der Waals surface area (Å²) in [5.41, 5.74) is 2.71. The van der Waals surface area contributed by atoms with E-state index in [4.69, 9.17) is 0 Å². The molecule has 0 amide bonds. The van der Waals surface area contributed by atoms with E-state index in [0.29, 0.717) is 32.7 Å². The lowest BCUT2D eigenvalue weighted by Gasteiger charge is -2.36. The van der Waals surface area contributed by atoms with Crippen LogP contribution in [0.2, 0.25) is 0 Å². The van der Waals surface area contributed by atoms with Crippen LogP contribution >= 0.6 is 0 Å². The number of anilines is 1. The van der Waals surface area contributed by atoms with E-state index in [0.717, 1.165) is 16.8 Å². The average molecular weight is 523 g/mol. The van der Waals surface area contributed by atoms with Gasteiger partial charge < -0.3 is 4.90 Å². The molecule has 0 bridgehead atoms. The van der Waals surface area contributed by atoms with Gasteiger partial charge in [-0.05, 0) is 36.1 Å². The van der Waals surface area contributed by atoms with Gasteiger partial charge in [-0.3, -0.25) is 0 Å². The zero-order valence-corrected chi connectivity index (χ0v) is 23.0. The van der Waals surface area contributed by atoms with Crippen molar-refractivity contribution in [2.75, 3.05) is 51.7 Å². The molecule has 0 N–H and O–H groups in total. The minimum absolute atomic E-state index is 0.0247. The Labute approximate surface area is 211 Å². The molecule has 35 heavy (non-hydrogen) atoms. The fraction of sp³-hybridized carbons (Fsp3) is 0.520. The molecular weight excluding hydrogens is 484 g/mol. The zero-order chi connectivity index (χ0) is 25.8. The van der Waals surface area contributed by atoms with E-state index in [1.165, 1.54) is 8.61 Å². The van der Waals surface area contributed by atoms with Crippen LogP contribution in [0.4, 0.5) is 5.69 Å². The standard InChI is InChI=1S/C25H38N4O4S2/c1-21(2)19-29(34(30,31)20-23-9-7-6-8-10-23)22(3)24-11-13-25(14-12-24)27-15-17-28(18-16-27)35(32,33)26(4)5/h6-14,21-22H,15-20H2,1-5H3/t22-/m0/s1. The van der Waals surface area contributed by atoms with Crippen LogP contribution in [0, 0.1) is 5.92 Å². The van der Waals surface area contributed by atoms with Gasteiger partial charge in [-0.2, -0.15) is 21.3 Å². The molecule has 1 heterocycles. The van der Waals surface area contributed by atoms with Gasteiger partial charge in [-0.1, -0.05) is 56.3 Å². The Balaban J connectivity index is 1.73. The van der Waals surface area contributed by atoms with E-state index in [9.17, 15) is 16.8 Å². The van der Waals surface area contributed by atoms with Crippen molar-refractivity contribution >= 4 is 25.9 Å². The maximum Gasteiger partial charge on any atom is 0.281 e. The summed E-state index contributed by atoms with van der Waals surface area (Å²) in [7, 11) is -3.83. The zero-order valence-electron chi connectivity index (χ0n) is 21.3. The second kappa shape index (κ2) is 11.4. The Morgan fingerprint density at radius 2 is 1.40 bits per heavy atom. The predicted molar refractivity (Wildman–Crippen MR) is 142 cm³/mol. The van der Waals surface area contributed by atoms with Gasteiger partial charge in [0.1, 0.15) is 0 Å². The van der Waals surface area contributed by atoms with Crippen molar-refractivity contribution in [2.24, 2.45) is 5.92 Å². The first-order valence-corrected chi connectivity index (χ1v) is 15.0. The molecule has 0 saturated carbocycles. The van der Waals surface area contributed by atoms with E-state index in [-0.39, 0.29) is 17.7 Å². The van der Waals surface area contributed by atoms with Crippen LogP contribution < -0.4 is 4.90 Å². The Hall–Kier alpha value is -1.98. The molecule has 1 saturated heterocycles. The fourth-order valence-corrected chi connectivity index (χ4v) is 7.27. The maximum atomic E-state index is 13.4. The third-order valence-electron chi connectivity index (χ3n) is 6.29. The molecule has 1 atom stereocenters. The SMILES string of the molecule is CC(C)CN([C@@H](C)c1ccc(N2CCN(S(=O)(=O)N(C)C)CC2)cc1)S(=O)(=O)Cc1ccccc1. The second-order valence-electron chi connectivity index (χ2n) is 9.65. The van der Waals surface area contributed by atoms with E-state index in [2.05, 4.69) is 4.90 Å². The molecule has 0 spiro atoms. The first-order chi connectivity index (χ1) is 16.4. The molecule has 2 aromatic carbocycles. The smallest absolute Gasteiger partial charge is 0.281 e. The highest BCUT2D eigenvalue weighted by atomic mass is 32.2. The summed E-state index contributed by atoms with van der Waals surface area (Å²) >= 11 is 0. The molecule has 3 rings (SSSR count). The van der Waals surface area contributed by atoms with Gasteiger partial charge in [0.15, 0.2) is 0 Å². The van der Waals surface area contributed by atoms with Crippen LogP contribution in [0.5, 0.6) is 0 Å². The van der Waals surface area contributed by atoms with Crippen molar-refractivity contribution in [1.82, 2.24) is 12.9 Å². The number of hydrogen-bond acceptors (Lipinski definition) is 5. The number of rotatable bonds is 10. The van der Waals surface area contributed by atoms with Crippen molar-refractivity contribution in [1.29, 1.82) is 0 Å². The Kier molecular flexibility index (Phi) is 8.98. The first kappa shape index (κ1) is 27.6. The highest BCUT2D eigenvalue weighted by Crippen LogP contribution is 2.28. The monoisotopic (exact) mass is 522 g/mol. The largest absolute Gasteiger partial charge is 0.369 e. The van der Waals surface area contributed by atoms with Crippen molar-refractivity contribution < 1.29 is 16.8 Å². The Morgan fingerprint density at radius 1 is 0.829 bits per heavy atom. The molecule has 8 nitrogen and oxygen atoms in total. The molecule has 0 aliphatic carbocycles. The lowest BCUT2D eigenvalue weighted by atomic mass is 10.1. The summed E-state index contributed by atoms with van der Waals surface area (Å²) in [5.74, 6) is 0.167.